The van der Waals surface area contributed by atoms with Gasteiger partial charge in [-0.3, -0.25) is 10.1 Å². The molecule has 24 heavy (non-hydrogen) atoms. The van der Waals surface area contributed by atoms with E-state index >= 15 is 0 Å². The first kappa shape index (κ1) is 16.1. The molecule has 0 saturated carbocycles. The number of carbonyl (C=O) groups is 2. The molecule has 1 atom stereocenters. The Morgan fingerprint density at radius 3 is 2.62 bits per heavy atom. The van der Waals surface area contributed by atoms with Crippen molar-refractivity contribution < 1.29 is 14.3 Å². The number of amides is 1. The van der Waals surface area contributed by atoms with E-state index in [0.717, 1.165) is 10.9 Å². The lowest BCUT2D eigenvalue weighted by molar-refractivity contribution is -0.123. The van der Waals surface area contributed by atoms with Crippen molar-refractivity contribution in [2.45, 2.75) is 13.0 Å². The number of carbonyl (C=O) groups excluding carboxylic acids is 2. The smallest absolute Gasteiger partial charge is 0.356 e. The van der Waals surface area contributed by atoms with Gasteiger partial charge in [-0.1, -0.05) is 18.2 Å². The van der Waals surface area contributed by atoms with Gasteiger partial charge in [0, 0.05) is 23.3 Å². The third kappa shape index (κ3) is 3.28. The first-order valence-corrected chi connectivity index (χ1v) is 7.90. The summed E-state index contributed by atoms with van der Waals surface area (Å²) in [5, 5.41) is 3.34. The maximum absolute atomic E-state index is 12.3. The fraction of sp³-hybridized carbons (Fsp3) is 0.125. The Morgan fingerprint density at radius 2 is 1.92 bits per heavy atom. The average Bonchev–Trinajstić information content (AvgIpc) is 2.93. The molecule has 7 nitrogen and oxygen atoms in total. The van der Waals surface area contributed by atoms with Crippen LogP contribution in [0.4, 0.5) is 5.95 Å². The molecule has 1 unspecified atom stereocenters. The molecule has 0 aliphatic heterocycles. The molecule has 122 valence electrons. The number of halogens is 1. The second-order valence-electron chi connectivity index (χ2n) is 4.97. The highest BCUT2D eigenvalue weighted by Gasteiger charge is 2.23. The van der Waals surface area contributed by atoms with Crippen molar-refractivity contribution in [1.29, 1.82) is 0 Å². The second kappa shape index (κ2) is 6.79. The van der Waals surface area contributed by atoms with E-state index in [4.69, 9.17) is 4.74 Å². The van der Waals surface area contributed by atoms with Crippen LogP contribution in [0.3, 0.4) is 0 Å². The van der Waals surface area contributed by atoms with Gasteiger partial charge in [0.2, 0.25) is 5.95 Å². The van der Waals surface area contributed by atoms with Crippen LogP contribution in [-0.4, -0.2) is 32.9 Å². The minimum Gasteiger partial charge on any atom is -0.448 e. The van der Waals surface area contributed by atoms with Crippen molar-refractivity contribution in [2.24, 2.45) is 0 Å². The van der Waals surface area contributed by atoms with Gasteiger partial charge in [0.25, 0.3) is 5.91 Å². The molecule has 0 spiro atoms. The Bertz CT molecular complexity index is 895. The van der Waals surface area contributed by atoms with Gasteiger partial charge in [0.15, 0.2) is 6.10 Å². The molecule has 8 heteroatoms. The van der Waals surface area contributed by atoms with Gasteiger partial charge in [-0.15, -0.1) is 0 Å². The molecular formula is C16H13BrN4O3. The summed E-state index contributed by atoms with van der Waals surface area (Å²) < 4.78 is 5.81. The Balaban J connectivity index is 1.71. The quantitative estimate of drug-likeness (QED) is 0.669. The van der Waals surface area contributed by atoms with Gasteiger partial charge in [0.05, 0.1) is 4.47 Å². The summed E-state index contributed by atoms with van der Waals surface area (Å²) in [4.78, 5) is 35.1. The lowest BCUT2D eigenvalue weighted by Gasteiger charge is -2.12. The fourth-order valence-electron chi connectivity index (χ4n) is 2.10. The summed E-state index contributed by atoms with van der Waals surface area (Å²) >= 11 is 3.38. The molecule has 1 aromatic carbocycles. The first-order valence-electron chi connectivity index (χ1n) is 7.11. The van der Waals surface area contributed by atoms with Crippen LogP contribution >= 0.6 is 15.9 Å². The zero-order valence-corrected chi connectivity index (χ0v) is 14.2. The molecule has 1 amide bonds. The van der Waals surface area contributed by atoms with Crippen LogP contribution in [0.2, 0.25) is 0 Å². The predicted molar refractivity (Wildman–Crippen MR) is 91.5 cm³/mol. The molecule has 0 saturated heterocycles. The van der Waals surface area contributed by atoms with Crippen LogP contribution in [-0.2, 0) is 9.53 Å². The molecule has 0 aliphatic carbocycles. The SMILES string of the molecule is CC(OC(=O)c1[nH]c2ccccc2c1Br)C(=O)Nc1ncccn1. The topological polar surface area (TPSA) is 97.0 Å². The molecular weight excluding hydrogens is 376 g/mol. The minimum atomic E-state index is -1.00. The van der Waals surface area contributed by atoms with Gasteiger partial charge >= 0.3 is 5.97 Å². The highest BCUT2D eigenvalue weighted by atomic mass is 79.9. The third-order valence-corrected chi connectivity index (χ3v) is 4.12. The summed E-state index contributed by atoms with van der Waals surface area (Å²) in [6.07, 6.45) is 2.00. The number of fused-ring (bicyclic) bond motifs is 1. The number of para-hydroxylation sites is 1. The Kier molecular flexibility index (Phi) is 4.57. The van der Waals surface area contributed by atoms with Gasteiger partial charge in [-0.2, -0.15) is 0 Å². The number of nitrogens with one attached hydrogen (secondary N) is 2. The summed E-state index contributed by atoms with van der Waals surface area (Å²) in [6, 6.07) is 9.07. The van der Waals surface area contributed by atoms with Crippen LogP contribution in [0.1, 0.15) is 17.4 Å². The van der Waals surface area contributed by atoms with E-state index in [1.165, 1.54) is 19.3 Å². The van der Waals surface area contributed by atoms with Crippen molar-refractivity contribution >= 4 is 44.7 Å². The number of aromatic amines is 1. The van der Waals surface area contributed by atoms with E-state index in [1.807, 2.05) is 24.3 Å². The van der Waals surface area contributed by atoms with E-state index < -0.39 is 18.0 Å². The number of esters is 1. The number of benzene rings is 1. The lowest BCUT2D eigenvalue weighted by Crippen LogP contribution is -2.30. The van der Waals surface area contributed by atoms with Crippen molar-refractivity contribution in [3.63, 3.8) is 0 Å². The Hall–Kier alpha value is -2.74. The van der Waals surface area contributed by atoms with Crippen molar-refractivity contribution in [3.8, 4) is 0 Å². The molecule has 0 radical (unpaired) electrons. The van der Waals surface area contributed by atoms with Crippen LogP contribution in [0.25, 0.3) is 10.9 Å². The molecule has 2 N–H and O–H groups in total. The summed E-state index contributed by atoms with van der Waals surface area (Å²) in [6.45, 7) is 1.48. The number of rotatable bonds is 4. The van der Waals surface area contributed by atoms with E-state index in [0.29, 0.717) is 4.47 Å². The average molecular weight is 389 g/mol. The van der Waals surface area contributed by atoms with Crippen LogP contribution < -0.4 is 5.32 Å². The molecule has 3 aromatic rings. The predicted octanol–water partition coefficient (Wildman–Crippen LogP) is 2.90. The standard InChI is InChI=1S/C16H13BrN4O3/c1-9(14(22)21-16-18-7-4-8-19-16)24-15(23)13-12(17)10-5-2-3-6-11(10)20-13/h2-9,20H,1H3,(H,18,19,21,22). The molecule has 0 bridgehead atoms. The Labute approximate surface area is 145 Å². The summed E-state index contributed by atoms with van der Waals surface area (Å²) in [5.74, 6) is -0.992. The zero-order valence-electron chi connectivity index (χ0n) is 12.6. The second-order valence-corrected chi connectivity index (χ2v) is 5.76. The molecule has 2 heterocycles. The van der Waals surface area contributed by atoms with E-state index in [1.54, 1.807) is 6.07 Å². The third-order valence-electron chi connectivity index (χ3n) is 3.30. The van der Waals surface area contributed by atoms with E-state index in [-0.39, 0.29) is 11.6 Å². The van der Waals surface area contributed by atoms with Crippen LogP contribution in [0, 0.1) is 0 Å². The highest BCUT2D eigenvalue weighted by molar-refractivity contribution is 9.10. The van der Waals surface area contributed by atoms with Gasteiger partial charge < -0.3 is 9.72 Å². The molecule has 2 aromatic heterocycles. The van der Waals surface area contributed by atoms with Gasteiger partial charge in [-0.25, -0.2) is 14.8 Å². The van der Waals surface area contributed by atoms with E-state index in [9.17, 15) is 9.59 Å². The monoisotopic (exact) mass is 388 g/mol. The van der Waals surface area contributed by atoms with Crippen molar-refractivity contribution in [1.82, 2.24) is 15.0 Å². The summed E-state index contributed by atoms with van der Waals surface area (Å²) in [7, 11) is 0. The van der Waals surface area contributed by atoms with Crippen molar-refractivity contribution in [3.05, 3.63) is 52.9 Å². The zero-order chi connectivity index (χ0) is 17.1. The van der Waals surface area contributed by atoms with Gasteiger partial charge in [0.1, 0.15) is 5.69 Å². The van der Waals surface area contributed by atoms with Crippen LogP contribution in [0.15, 0.2) is 47.2 Å². The first-order chi connectivity index (χ1) is 11.6. The maximum atomic E-state index is 12.3. The maximum Gasteiger partial charge on any atom is 0.356 e. The number of aromatic nitrogens is 3. The number of H-pyrrole nitrogens is 1. The Morgan fingerprint density at radius 1 is 1.21 bits per heavy atom. The number of nitrogens with zero attached hydrogens (tertiary/aromatic N) is 2. The van der Waals surface area contributed by atoms with Gasteiger partial charge in [-0.05, 0) is 35.0 Å². The molecule has 0 aliphatic rings. The fourth-order valence-corrected chi connectivity index (χ4v) is 2.70. The molecule has 0 fully saturated rings. The number of hydrogen-bond acceptors (Lipinski definition) is 5. The number of anilines is 1. The lowest BCUT2D eigenvalue weighted by atomic mass is 10.2. The normalized spacial score (nSPS) is 11.9. The summed E-state index contributed by atoms with van der Waals surface area (Å²) in [5.41, 5.74) is 1.05. The van der Waals surface area contributed by atoms with E-state index in [2.05, 4.69) is 36.2 Å². The minimum absolute atomic E-state index is 0.150. The highest BCUT2D eigenvalue weighted by Crippen LogP contribution is 2.28. The van der Waals surface area contributed by atoms with Crippen molar-refractivity contribution in [2.75, 3.05) is 5.32 Å². The molecule has 3 rings (SSSR count). The largest absolute Gasteiger partial charge is 0.448 e. The van der Waals surface area contributed by atoms with Crippen LogP contribution in [0.5, 0.6) is 0 Å². The number of ether oxygens (including phenoxy) is 1. The number of hydrogen-bond donors (Lipinski definition) is 2.